The van der Waals surface area contributed by atoms with Gasteiger partial charge in [0.2, 0.25) is 0 Å². The molecule has 3 heteroatoms. The number of nitrogens with zero attached hydrogens (tertiary/aromatic N) is 1. The lowest BCUT2D eigenvalue weighted by Gasteiger charge is -2.12. The standard InChI is InChI=1S/C19H19NO2/c21-19(22-17-13-5-2-6-14-17)18(15-9-7-8-10-15)20-16-11-3-1-4-12-16/h1-6,11-15H,7-10H2. The van der Waals surface area contributed by atoms with Crippen LogP contribution in [0.25, 0.3) is 0 Å². The first-order valence-electron chi connectivity index (χ1n) is 7.74. The molecule has 0 amide bonds. The summed E-state index contributed by atoms with van der Waals surface area (Å²) in [5.41, 5.74) is 1.35. The molecular formula is C19H19NO2. The molecule has 1 saturated carbocycles. The van der Waals surface area contributed by atoms with E-state index in [1.165, 1.54) is 0 Å². The fraction of sp³-hybridized carbons (Fsp3) is 0.263. The van der Waals surface area contributed by atoms with Gasteiger partial charge in [0.1, 0.15) is 11.5 Å². The van der Waals surface area contributed by atoms with Crippen LogP contribution >= 0.6 is 0 Å². The van der Waals surface area contributed by atoms with Crippen molar-refractivity contribution in [2.75, 3.05) is 0 Å². The fourth-order valence-corrected chi connectivity index (χ4v) is 2.79. The second kappa shape index (κ2) is 7.03. The predicted molar refractivity (Wildman–Crippen MR) is 87.6 cm³/mol. The van der Waals surface area contributed by atoms with E-state index in [1.54, 1.807) is 12.1 Å². The average Bonchev–Trinajstić information content (AvgIpc) is 3.08. The van der Waals surface area contributed by atoms with Crippen molar-refractivity contribution in [2.45, 2.75) is 25.7 Å². The molecule has 3 nitrogen and oxygen atoms in total. The van der Waals surface area contributed by atoms with Gasteiger partial charge in [-0.25, -0.2) is 9.79 Å². The summed E-state index contributed by atoms with van der Waals surface area (Å²) in [5.74, 6) is 0.435. The number of carbonyl (C=O) groups excluding carboxylic acids is 1. The van der Waals surface area contributed by atoms with E-state index in [0.717, 1.165) is 31.4 Å². The first kappa shape index (κ1) is 14.5. The van der Waals surface area contributed by atoms with Gasteiger partial charge < -0.3 is 4.74 Å². The lowest BCUT2D eigenvalue weighted by atomic mass is 10.0. The Kier molecular flexibility index (Phi) is 4.64. The third-order valence-electron chi connectivity index (χ3n) is 3.91. The summed E-state index contributed by atoms with van der Waals surface area (Å²) in [7, 11) is 0. The van der Waals surface area contributed by atoms with Crippen LogP contribution in [0.15, 0.2) is 65.7 Å². The summed E-state index contributed by atoms with van der Waals surface area (Å²) in [4.78, 5) is 17.1. The summed E-state index contributed by atoms with van der Waals surface area (Å²) in [5, 5.41) is 0. The van der Waals surface area contributed by atoms with E-state index in [2.05, 4.69) is 4.99 Å². The van der Waals surface area contributed by atoms with Gasteiger partial charge in [-0.3, -0.25) is 0 Å². The van der Waals surface area contributed by atoms with Crippen molar-refractivity contribution in [3.8, 4) is 5.75 Å². The topological polar surface area (TPSA) is 38.7 Å². The second-order valence-corrected chi connectivity index (χ2v) is 5.52. The zero-order valence-electron chi connectivity index (χ0n) is 12.4. The lowest BCUT2D eigenvalue weighted by molar-refractivity contribution is -0.127. The molecular weight excluding hydrogens is 274 g/mol. The summed E-state index contributed by atoms with van der Waals surface area (Å²) >= 11 is 0. The first-order chi connectivity index (χ1) is 10.8. The van der Waals surface area contributed by atoms with E-state index in [-0.39, 0.29) is 11.9 Å². The highest BCUT2D eigenvalue weighted by Crippen LogP contribution is 2.28. The van der Waals surface area contributed by atoms with Gasteiger partial charge in [0.05, 0.1) is 5.69 Å². The molecule has 2 aromatic rings. The molecule has 1 fully saturated rings. The number of carbonyl (C=O) groups is 1. The minimum atomic E-state index is -0.332. The molecule has 0 atom stereocenters. The van der Waals surface area contributed by atoms with Crippen LogP contribution in [0.2, 0.25) is 0 Å². The molecule has 0 aliphatic heterocycles. The maximum Gasteiger partial charge on any atom is 0.358 e. The van der Waals surface area contributed by atoms with Crippen molar-refractivity contribution >= 4 is 17.4 Å². The van der Waals surface area contributed by atoms with Gasteiger partial charge in [0, 0.05) is 5.92 Å². The average molecular weight is 293 g/mol. The summed E-state index contributed by atoms with van der Waals surface area (Å²) in [6.07, 6.45) is 4.32. The highest BCUT2D eigenvalue weighted by molar-refractivity contribution is 6.38. The SMILES string of the molecule is O=C(Oc1ccccc1)C(=Nc1ccccc1)C1CCCC1. The minimum Gasteiger partial charge on any atom is -0.422 e. The van der Waals surface area contributed by atoms with Crippen LogP contribution in [0.1, 0.15) is 25.7 Å². The number of rotatable bonds is 4. The number of hydrogen-bond acceptors (Lipinski definition) is 3. The van der Waals surface area contributed by atoms with Crippen LogP contribution in [-0.2, 0) is 4.79 Å². The Balaban J connectivity index is 1.85. The van der Waals surface area contributed by atoms with Gasteiger partial charge >= 0.3 is 5.97 Å². The molecule has 0 aromatic heterocycles. The van der Waals surface area contributed by atoms with Crippen molar-refractivity contribution in [1.29, 1.82) is 0 Å². The number of para-hydroxylation sites is 2. The molecule has 0 spiro atoms. The van der Waals surface area contributed by atoms with Crippen LogP contribution in [0, 0.1) is 5.92 Å². The molecule has 0 radical (unpaired) electrons. The van der Waals surface area contributed by atoms with Crippen LogP contribution < -0.4 is 4.74 Å². The van der Waals surface area contributed by atoms with Gasteiger partial charge in [0.15, 0.2) is 0 Å². The van der Waals surface area contributed by atoms with E-state index in [0.29, 0.717) is 11.5 Å². The van der Waals surface area contributed by atoms with Crippen LogP contribution in [0.5, 0.6) is 5.75 Å². The Morgan fingerprint density at radius 1 is 0.909 bits per heavy atom. The molecule has 22 heavy (non-hydrogen) atoms. The van der Waals surface area contributed by atoms with E-state index < -0.39 is 0 Å². The Morgan fingerprint density at radius 3 is 2.14 bits per heavy atom. The lowest BCUT2D eigenvalue weighted by Crippen LogP contribution is -2.26. The largest absolute Gasteiger partial charge is 0.422 e. The number of aliphatic imine (C=N–C) groups is 1. The Hall–Kier alpha value is -2.42. The highest BCUT2D eigenvalue weighted by atomic mass is 16.5. The second-order valence-electron chi connectivity index (χ2n) is 5.52. The fourth-order valence-electron chi connectivity index (χ4n) is 2.79. The Labute approximate surface area is 130 Å². The maximum atomic E-state index is 12.6. The molecule has 2 aromatic carbocycles. The zero-order valence-corrected chi connectivity index (χ0v) is 12.4. The van der Waals surface area contributed by atoms with E-state index >= 15 is 0 Å². The molecule has 112 valence electrons. The van der Waals surface area contributed by atoms with Gasteiger partial charge in [-0.1, -0.05) is 49.2 Å². The monoisotopic (exact) mass is 293 g/mol. The molecule has 0 unspecified atom stereocenters. The summed E-state index contributed by atoms with van der Waals surface area (Å²) in [6, 6.07) is 18.8. The Morgan fingerprint density at radius 2 is 1.50 bits per heavy atom. The summed E-state index contributed by atoms with van der Waals surface area (Å²) in [6.45, 7) is 0. The van der Waals surface area contributed by atoms with Crippen molar-refractivity contribution in [3.63, 3.8) is 0 Å². The van der Waals surface area contributed by atoms with Gasteiger partial charge in [0.25, 0.3) is 0 Å². The van der Waals surface area contributed by atoms with E-state index in [1.807, 2.05) is 48.5 Å². The molecule has 3 rings (SSSR count). The smallest absolute Gasteiger partial charge is 0.358 e. The molecule has 0 heterocycles. The van der Waals surface area contributed by atoms with Crippen LogP contribution in [0.4, 0.5) is 5.69 Å². The number of benzene rings is 2. The summed E-state index contributed by atoms with van der Waals surface area (Å²) < 4.78 is 5.49. The van der Waals surface area contributed by atoms with Crippen molar-refractivity contribution in [1.82, 2.24) is 0 Å². The van der Waals surface area contributed by atoms with Gasteiger partial charge in [-0.05, 0) is 37.1 Å². The first-order valence-corrected chi connectivity index (χ1v) is 7.74. The van der Waals surface area contributed by atoms with Crippen molar-refractivity contribution < 1.29 is 9.53 Å². The number of hydrogen-bond donors (Lipinski definition) is 0. The molecule has 1 aliphatic rings. The Bertz CT molecular complexity index is 644. The number of esters is 1. The maximum absolute atomic E-state index is 12.6. The van der Waals surface area contributed by atoms with Gasteiger partial charge in [-0.2, -0.15) is 0 Å². The molecule has 0 bridgehead atoms. The molecule has 1 aliphatic carbocycles. The molecule has 0 N–H and O–H groups in total. The van der Waals surface area contributed by atoms with Gasteiger partial charge in [-0.15, -0.1) is 0 Å². The van der Waals surface area contributed by atoms with Crippen LogP contribution in [-0.4, -0.2) is 11.7 Å². The van der Waals surface area contributed by atoms with E-state index in [4.69, 9.17) is 4.74 Å². The molecule has 0 saturated heterocycles. The third kappa shape index (κ3) is 3.61. The highest BCUT2D eigenvalue weighted by Gasteiger charge is 2.27. The quantitative estimate of drug-likeness (QED) is 0.471. The van der Waals surface area contributed by atoms with Crippen molar-refractivity contribution in [2.24, 2.45) is 10.9 Å². The normalized spacial score (nSPS) is 15.7. The zero-order chi connectivity index (χ0) is 15.2. The number of ether oxygens (including phenoxy) is 1. The van der Waals surface area contributed by atoms with E-state index in [9.17, 15) is 4.79 Å². The van der Waals surface area contributed by atoms with Crippen LogP contribution in [0.3, 0.4) is 0 Å². The third-order valence-corrected chi connectivity index (χ3v) is 3.91. The minimum absolute atomic E-state index is 0.205. The predicted octanol–water partition coefficient (Wildman–Crippen LogP) is 4.55. The van der Waals surface area contributed by atoms with Crippen molar-refractivity contribution in [3.05, 3.63) is 60.7 Å².